The summed E-state index contributed by atoms with van der Waals surface area (Å²) in [4.78, 5) is 0. The molecule has 0 aromatic carbocycles. The van der Waals surface area contributed by atoms with Gasteiger partial charge in [0.2, 0.25) is 0 Å². The zero-order valence-electron chi connectivity index (χ0n) is 9.52. The summed E-state index contributed by atoms with van der Waals surface area (Å²) in [6, 6.07) is 1.86. The lowest BCUT2D eigenvalue weighted by molar-refractivity contribution is 0.349. The number of thiophene rings is 1. The van der Waals surface area contributed by atoms with Crippen LogP contribution in [0.3, 0.4) is 0 Å². The molecule has 1 aromatic heterocycles. The topological polar surface area (TPSA) is 49.4 Å². The van der Waals surface area contributed by atoms with Gasteiger partial charge >= 0.3 is 0 Å². The summed E-state index contributed by atoms with van der Waals surface area (Å²) in [5.74, 6) is 0. The second-order valence-electron chi connectivity index (χ2n) is 3.91. The summed E-state index contributed by atoms with van der Waals surface area (Å²) in [5.41, 5.74) is 0. The molecule has 1 aliphatic rings. The van der Waals surface area contributed by atoms with Crippen molar-refractivity contribution in [3.63, 3.8) is 0 Å². The van der Waals surface area contributed by atoms with Crippen molar-refractivity contribution in [2.75, 3.05) is 19.6 Å². The maximum absolute atomic E-state index is 12.5. The van der Waals surface area contributed by atoms with E-state index < -0.39 is 10.0 Å². The number of hydrogen-bond donors (Lipinski definition) is 1. The molecule has 1 N–H and O–H groups in total. The van der Waals surface area contributed by atoms with Gasteiger partial charge in [-0.2, -0.15) is 4.31 Å². The van der Waals surface area contributed by atoms with Gasteiger partial charge < -0.3 is 5.32 Å². The van der Waals surface area contributed by atoms with E-state index in [-0.39, 0.29) is 6.04 Å². The van der Waals surface area contributed by atoms with E-state index in [0.717, 1.165) is 19.5 Å². The van der Waals surface area contributed by atoms with Crippen molar-refractivity contribution in [1.82, 2.24) is 9.62 Å². The van der Waals surface area contributed by atoms with Gasteiger partial charge in [-0.3, -0.25) is 0 Å². The Labute approximate surface area is 114 Å². The molecule has 1 aliphatic heterocycles. The lowest BCUT2D eigenvalue weighted by Crippen LogP contribution is -2.41. The van der Waals surface area contributed by atoms with Crippen LogP contribution < -0.4 is 5.32 Å². The summed E-state index contributed by atoms with van der Waals surface area (Å²) in [7, 11) is -3.36. The summed E-state index contributed by atoms with van der Waals surface area (Å²) in [5, 5.41) is 4.99. The molecule has 0 spiro atoms. The van der Waals surface area contributed by atoms with Crippen LogP contribution in [0.4, 0.5) is 0 Å². The third-order valence-corrected chi connectivity index (χ3v) is 7.56. The van der Waals surface area contributed by atoms with Gasteiger partial charge in [0.1, 0.15) is 4.21 Å². The van der Waals surface area contributed by atoms with Crippen molar-refractivity contribution in [2.24, 2.45) is 0 Å². The minimum absolute atomic E-state index is 0.0824. The molecule has 0 amide bonds. The first-order chi connectivity index (χ1) is 8.07. The van der Waals surface area contributed by atoms with Gasteiger partial charge in [-0.1, -0.05) is 6.92 Å². The first kappa shape index (κ1) is 13.5. The predicted molar refractivity (Wildman–Crippen MR) is 72.9 cm³/mol. The van der Waals surface area contributed by atoms with Gasteiger partial charge in [0.25, 0.3) is 10.0 Å². The molecular formula is C10H15BrN2O2S2. The van der Waals surface area contributed by atoms with E-state index in [4.69, 9.17) is 0 Å². The maximum atomic E-state index is 12.5. The molecule has 17 heavy (non-hydrogen) atoms. The van der Waals surface area contributed by atoms with E-state index in [1.165, 1.54) is 11.3 Å². The lowest BCUT2D eigenvalue weighted by Gasteiger charge is -2.25. The van der Waals surface area contributed by atoms with E-state index in [9.17, 15) is 8.42 Å². The smallest absolute Gasteiger partial charge is 0.253 e. The molecule has 1 atom stereocenters. The Morgan fingerprint density at radius 3 is 2.88 bits per heavy atom. The highest BCUT2D eigenvalue weighted by molar-refractivity contribution is 9.10. The number of halogens is 1. The lowest BCUT2D eigenvalue weighted by atomic mass is 10.3. The summed E-state index contributed by atoms with van der Waals surface area (Å²) in [6.45, 7) is 4.04. The van der Waals surface area contributed by atoms with Crippen molar-refractivity contribution in [2.45, 2.75) is 23.6 Å². The van der Waals surface area contributed by atoms with Crippen molar-refractivity contribution in [1.29, 1.82) is 0 Å². The standard InChI is InChI=1S/C10H15BrN2O2S2/c1-2-13(8-3-5-12-7-8)17(14,15)10-9(11)4-6-16-10/h4,6,8,12H,2-3,5,7H2,1H3. The van der Waals surface area contributed by atoms with Gasteiger partial charge in [-0.15, -0.1) is 11.3 Å². The molecule has 0 saturated carbocycles. The van der Waals surface area contributed by atoms with E-state index >= 15 is 0 Å². The first-order valence-corrected chi connectivity index (χ1v) is 8.64. The highest BCUT2D eigenvalue weighted by Gasteiger charge is 2.33. The number of hydrogen-bond acceptors (Lipinski definition) is 4. The van der Waals surface area contributed by atoms with Gasteiger partial charge in [0, 0.05) is 23.6 Å². The average molecular weight is 339 g/mol. The van der Waals surface area contributed by atoms with E-state index in [1.807, 2.05) is 6.92 Å². The fourth-order valence-corrected chi connectivity index (χ4v) is 6.17. The van der Waals surface area contributed by atoms with Crippen LogP contribution in [0.15, 0.2) is 20.1 Å². The molecule has 0 bridgehead atoms. The van der Waals surface area contributed by atoms with E-state index in [2.05, 4.69) is 21.2 Å². The molecule has 96 valence electrons. The fourth-order valence-electron chi connectivity index (χ4n) is 2.08. The Hall–Kier alpha value is 0.0500. The Bertz CT molecular complexity index is 480. The Morgan fingerprint density at radius 2 is 2.41 bits per heavy atom. The molecule has 2 rings (SSSR count). The molecule has 1 fully saturated rings. The Kier molecular flexibility index (Phi) is 4.25. The van der Waals surface area contributed by atoms with Crippen LogP contribution >= 0.6 is 27.3 Å². The molecule has 7 heteroatoms. The Balaban J connectivity index is 2.33. The second kappa shape index (κ2) is 5.36. The molecular weight excluding hydrogens is 324 g/mol. The van der Waals surface area contributed by atoms with Crippen LogP contribution in [-0.2, 0) is 10.0 Å². The van der Waals surface area contributed by atoms with Crippen LogP contribution in [0.2, 0.25) is 0 Å². The number of likely N-dealkylation sites (N-methyl/N-ethyl adjacent to an activating group) is 1. The highest BCUT2D eigenvalue weighted by atomic mass is 79.9. The van der Waals surface area contributed by atoms with Gasteiger partial charge in [-0.05, 0) is 40.3 Å². The zero-order valence-corrected chi connectivity index (χ0v) is 12.7. The average Bonchev–Trinajstić information content (AvgIpc) is 2.89. The molecule has 4 nitrogen and oxygen atoms in total. The quantitative estimate of drug-likeness (QED) is 0.911. The van der Waals surface area contributed by atoms with E-state index in [0.29, 0.717) is 15.2 Å². The molecule has 1 unspecified atom stereocenters. The minimum Gasteiger partial charge on any atom is -0.315 e. The van der Waals surface area contributed by atoms with Crippen LogP contribution in [0.5, 0.6) is 0 Å². The van der Waals surface area contributed by atoms with Gasteiger partial charge in [0.05, 0.1) is 0 Å². The van der Waals surface area contributed by atoms with Crippen molar-refractivity contribution >= 4 is 37.3 Å². The van der Waals surface area contributed by atoms with Crippen molar-refractivity contribution in [3.8, 4) is 0 Å². The van der Waals surface area contributed by atoms with Gasteiger partial charge in [-0.25, -0.2) is 8.42 Å². The van der Waals surface area contributed by atoms with Crippen LogP contribution in [0, 0.1) is 0 Å². The molecule has 0 radical (unpaired) electrons. The number of rotatable bonds is 4. The molecule has 1 saturated heterocycles. The molecule has 1 aromatic rings. The molecule has 0 aliphatic carbocycles. The number of sulfonamides is 1. The number of nitrogens with zero attached hydrogens (tertiary/aromatic N) is 1. The predicted octanol–water partition coefficient (Wildman–Crippen LogP) is 1.88. The minimum atomic E-state index is -3.36. The molecule has 2 heterocycles. The van der Waals surface area contributed by atoms with Crippen LogP contribution in [-0.4, -0.2) is 38.4 Å². The van der Waals surface area contributed by atoms with Crippen LogP contribution in [0.1, 0.15) is 13.3 Å². The fraction of sp³-hybridized carbons (Fsp3) is 0.600. The van der Waals surface area contributed by atoms with Crippen molar-refractivity contribution in [3.05, 3.63) is 15.9 Å². The monoisotopic (exact) mass is 338 g/mol. The second-order valence-corrected chi connectivity index (χ2v) is 7.77. The van der Waals surface area contributed by atoms with E-state index in [1.54, 1.807) is 15.8 Å². The van der Waals surface area contributed by atoms with Crippen LogP contribution in [0.25, 0.3) is 0 Å². The first-order valence-electron chi connectivity index (χ1n) is 5.53. The largest absolute Gasteiger partial charge is 0.315 e. The normalized spacial score (nSPS) is 21.2. The van der Waals surface area contributed by atoms with Crippen molar-refractivity contribution < 1.29 is 8.42 Å². The van der Waals surface area contributed by atoms with Gasteiger partial charge in [0.15, 0.2) is 0 Å². The third kappa shape index (κ3) is 2.58. The SMILES string of the molecule is CCN(C1CCNC1)S(=O)(=O)c1sccc1Br. The summed E-state index contributed by atoms with van der Waals surface area (Å²) >= 11 is 4.56. The third-order valence-electron chi connectivity index (χ3n) is 2.88. The Morgan fingerprint density at radius 1 is 1.65 bits per heavy atom. The highest BCUT2D eigenvalue weighted by Crippen LogP contribution is 2.31. The summed E-state index contributed by atoms with van der Waals surface area (Å²) < 4.78 is 27.7. The summed E-state index contributed by atoms with van der Waals surface area (Å²) in [6.07, 6.45) is 0.885. The zero-order chi connectivity index (χ0) is 12.5. The number of nitrogens with one attached hydrogen (secondary N) is 1. The maximum Gasteiger partial charge on any atom is 0.253 e.